The number of methoxy groups -OCH3 is 1. The van der Waals surface area contributed by atoms with Crippen LogP contribution in [-0.4, -0.2) is 43.1 Å². The van der Waals surface area contributed by atoms with E-state index in [-0.39, 0.29) is 5.91 Å². The third kappa shape index (κ3) is 3.65. The fourth-order valence-corrected chi connectivity index (χ4v) is 4.08. The molecule has 1 aromatic rings. The fraction of sp³-hybridized carbons (Fsp3) is 0.688. The number of hydrogen-bond acceptors (Lipinski definition) is 4. The van der Waals surface area contributed by atoms with Gasteiger partial charge in [0.15, 0.2) is 0 Å². The van der Waals surface area contributed by atoms with E-state index >= 15 is 0 Å². The Kier molecular flexibility index (Phi) is 4.93. The zero-order chi connectivity index (χ0) is 14.7. The topological polar surface area (TPSA) is 41.6 Å². The van der Waals surface area contributed by atoms with Crippen LogP contribution in [0, 0.1) is 0 Å². The molecule has 116 valence electrons. The summed E-state index contributed by atoms with van der Waals surface area (Å²) in [5.41, 5.74) is 1.08. The van der Waals surface area contributed by atoms with Crippen molar-refractivity contribution in [1.82, 2.24) is 10.2 Å². The van der Waals surface area contributed by atoms with E-state index in [1.54, 1.807) is 7.11 Å². The maximum absolute atomic E-state index is 12.2. The van der Waals surface area contributed by atoms with Crippen molar-refractivity contribution in [3.63, 3.8) is 0 Å². The van der Waals surface area contributed by atoms with Crippen molar-refractivity contribution >= 4 is 17.2 Å². The molecule has 0 spiro atoms. The highest BCUT2D eigenvalue weighted by molar-refractivity contribution is 7.12. The molecule has 0 atom stereocenters. The molecule has 1 saturated carbocycles. The summed E-state index contributed by atoms with van der Waals surface area (Å²) in [5.74, 6) is 0.0736. The molecule has 3 rings (SSSR count). The normalized spacial score (nSPS) is 26.3. The fourth-order valence-electron chi connectivity index (χ4n) is 3.28. The smallest absolute Gasteiger partial charge is 0.261 e. The zero-order valence-corrected chi connectivity index (χ0v) is 13.5. The van der Waals surface area contributed by atoms with Gasteiger partial charge in [0.05, 0.1) is 11.5 Å². The van der Waals surface area contributed by atoms with Crippen molar-refractivity contribution in [2.24, 2.45) is 0 Å². The highest BCUT2D eigenvalue weighted by Crippen LogP contribution is 2.28. The van der Waals surface area contributed by atoms with Gasteiger partial charge in [-0.25, -0.2) is 0 Å². The van der Waals surface area contributed by atoms with Crippen LogP contribution in [0.25, 0.3) is 0 Å². The van der Waals surface area contributed by atoms with E-state index in [1.807, 2.05) is 11.4 Å². The predicted molar refractivity (Wildman–Crippen MR) is 84.7 cm³/mol. The van der Waals surface area contributed by atoms with Gasteiger partial charge in [-0.15, -0.1) is 11.3 Å². The van der Waals surface area contributed by atoms with Crippen LogP contribution < -0.4 is 5.32 Å². The summed E-state index contributed by atoms with van der Waals surface area (Å²) in [4.78, 5) is 15.6. The zero-order valence-electron chi connectivity index (χ0n) is 12.6. The van der Waals surface area contributed by atoms with Gasteiger partial charge in [0.1, 0.15) is 0 Å². The van der Waals surface area contributed by atoms with Gasteiger partial charge >= 0.3 is 0 Å². The number of hydrogen-bond donors (Lipinski definition) is 1. The number of carbonyl (C=O) groups is 1. The Hall–Kier alpha value is -0.910. The Morgan fingerprint density at radius 1 is 1.38 bits per heavy atom. The van der Waals surface area contributed by atoms with Gasteiger partial charge in [0.25, 0.3) is 5.91 Å². The number of thiophene rings is 1. The molecule has 2 heterocycles. The quantitative estimate of drug-likeness (QED) is 0.909. The van der Waals surface area contributed by atoms with Gasteiger partial charge in [-0.05, 0) is 55.8 Å². The first-order chi connectivity index (χ1) is 10.3. The third-order valence-corrected chi connectivity index (χ3v) is 5.52. The molecular formula is C16H24N2O2S. The average Bonchev–Trinajstić information content (AvgIpc) is 2.92. The van der Waals surface area contributed by atoms with Crippen LogP contribution in [0.2, 0.25) is 0 Å². The minimum Gasteiger partial charge on any atom is -0.380 e. The van der Waals surface area contributed by atoms with E-state index in [9.17, 15) is 4.79 Å². The molecule has 2 fully saturated rings. The van der Waals surface area contributed by atoms with Crippen molar-refractivity contribution in [1.29, 1.82) is 0 Å². The Balaban J connectivity index is 1.44. The number of amides is 1. The maximum atomic E-state index is 12.2. The van der Waals surface area contributed by atoms with Gasteiger partial charge in [0.2, 0.25) is 0 Å². The third-order valence-electron chi connectivity index (χ3n) is 4.54. The number of piperidine rings is 1. The second-order valence-electron chi connectivity index (χ2n) is 6.14. The highest BCUT2D eigenvalue weighted by Gasteiger charge is 2.35. The number of nitrogens with zero attached hydrogens (tertiary/aromatic N) is 1. The van der Waals surface area contributed by atoms with Crippen molar-refractivity contribution < 1.29 is 9.53 Å². The van der Waals surface area contributed by atoms with E-state index in [2.05, 4.69) is 10.2 Å². The van der Waals surface area contributed by atoms with Crippen LogP contribution in [-0.2, 0) is 11.3 Å². The number of ether oxygens (including phenoxy) is 1. The predicted octanol–water partition coefficient (Wildman–Crippen LogP) is 2.64. The van der Waals surface area contributed by atoms with Gasteiger partial charge in [-0.1, -0.05) is 6.42 Å². The highest BCUT2D eigenvalue weighted by atomic mass is 32.1. The van der Waals surface area contributed by atoms with Gasteiger partial charge < -0.3 is 15.0 Å². The molecule has 1 aromatic heterocycles. The lowest BCUT2D eigenvalue weighted by Crippen LogP contribution is -2.54. The molecule has 4 nitrogen and oxygen atoms in total. The van der Waals surface area contributed by atoms with E-state index in [1.165, 1.54) is 43.7 Å². The summed E-state index contributed by atoms with van der Waals surface area (Å²) >= 11 is 1.50. The standard InChI is InChI=1S/C16H24N2O2S/c1-20-10-12-7-15(21-11-12)16(19)17-13-8-14(9-13)18-5-3-2-4-6-18/h7,11,13-14H,2-6,8-10H2,1H3,(H,17,19). The first kappa shape index (κ1) is 15.0. The molecule has 1 saturated heterocycles. The lowest BCUT2D eigenvalue weighted by atomic mass is 9.84. The molecule has 5 heteroatoms. The molecule has 1 amide bonds. The first-order valence-electron chi connectivity index (χ1n) is 7.87. The Morgan fingerprint density at radius 3 is 2.86 bits per heavy atom. The number of likely N-dealkylation sites (tertiary alicyclic amines) is 1. The molecule has 0 bridgehead atoms. The molecule has 0 unspecified atom stereocenters. The summed E-state index contributed by atoms with van der Waals surface area (Å²) in [6, 6.07) is 2.99. The molecular weight excluding hydrogens is 284 g/mol. The molecule has 1 aliphatic carbocycles. The molecule has 0 radical (unpaired) electrons. The van der Waals surface area contributed by atoms with E-state index in [0.29, 0.717) is 18.7 Å². The number of nitrogens with one attached hydrogen (secondary N) is 1. The van der Waals surface area contributed by atoms with Crippen LogP contribution in [0.5, 0.6) is 0 Å². The number of rotatable bonds is 5. The van der Waals surface area contributed by atoms with Crippen LogP contribution in [0.1, 0.15) is 47.3 Å². The van der Waals surface area contributed by atoms with Crippen molar-refractivity contribution in [3.8, 4) is 0 Å². The summed E-state index contributed by atoms with van der Waals surface area (Å²) in [5, 5.41) is 5.16. The van der Waals surface area contributed by atoms with Crippen molar-refractivity contribution in [2.75, 3.05) is 20.2 Å². The Morgan fingerprint density at radius 2 is 2.14 bits per heavy atom. The van der Waals surface area contributed by atoms with Crippen molar-refractivity contribution in [2.45, 2.75) is 50.8 Å². The monoisotopic (exact) mass is 308 g/mol. The van der Waals surface area contributed by atoms with Crippen molar-refractivity contribution in [3.05, 3.63) is 21.9 Å². The minimum absolute atomic E-state index is 0.0736. The molecule has 0 aromatic carbocycles. The molecule has 21 heavy (non-hydrogen) atoms. The second-order valence-corrected chi connectivity index (χ2v) is 7.06. The second kappa shape index (κ2) is 6.90. The summed E-state index contributed by atoms with van der Waals surface area (Å²) in [6.45, 7) is 3.07. The maximum Gasteiger partial charge on any atom is 0.261 e. The largest absolute Gasteiger partial charge is 0.380 e. The first-order valence-corrected chi connectivity index (χ1v) is 8.75. The summed E-state index contributed by atoms with van der Waals surface area (Å²) < 4.78 is 5.09. The van der Waals surface area contributed by atoms with Crippen LogP contribution >= 0.6 is 11.3 Å². The molecule has 1 N–H and O–H groups in total. The number of carbonyl (C=O) groups excluding carboxylic acids is 1. The Labute approximate surface area is 130 Å². The molecule has 2 aliphatic rings. The lowest BCUT2D eigenvalue weighted by molar-refractivity contribution is 0.0679. The van der Waals surface area contributed by atoms with E-state index in [0.717, 1.165) is 23.3 Å². The van der Waals surface area contributed by atoms with E-state index in [4.69, 9.17) is 4.74 Å². The lowest BCUT2D eigenvalue weighted by Gasteiger charge is -2.44. The minimum atomic E-state index is 0.0736. The van der Waals surface area contributed by atoms with E-state index < -0.39 is 0 Å². The van der Waals surface area contributed by atoms with Crippen LogP contribution in [0.15, 0.2) is 11.4 Å². The molecule has 1 aliphatic heterocycles. The summed E-state index contributed by atoms with van der Waals surface area (Å²) in [6.07, 6.45) is 6.28. The van der Waals surface area contributed by atoms with Crippen LogP contribution in [0.3, 0.4) is 0 Å². The SMILES string of the molecule is COCc1csc(C(=O)NC2CC(N3CCCCC3)C2)c1. The van der Waals surface area contributed by atoms with Gasteiger partial charge in [0, 0.05) is 19.2 Å². The van der Waals surface area contributed by atoms with Gasteiger partial charge in [-0.3, -0.25) is 4.79 Å². The average molecular weight is 308 g/mol. The van der Waals surface area contributed by atoms with Crippen LogP contribution in [0.4, 0.5) is 0 Å². The van der Waals surface area contributed by atoms with Gasteiger partial charge in [-0.2, -0.15) is 0 Å². The Bertz CT molecular complexity index is 476. The summed E-state index contributed by atoms with van der Waals surface area (Å²) in [7, 11) is 1.67.